The number of hydrogen-bond acceptors (Lipinski definition) is 6. The average molecular weight is 474 g/mol. The minimum atomic E-state index is -0.548. The number of aromatic nitrogens is 3. The zero-order valence-electron chi connectivity index (χ0n) is 18.5. The number of para-hydroxylation sites is 2. The summed E-state index contributed by atoms with van der Waals surface area (Å²) >= 11 is 1.19. The first kappa shape index (κ1) is 23.1. The summed E-state index contributed by atoms with van der Waals surface area (Å²) in [6, 6.07) is 26.1. The molecule has 8 nitrogen and oxygen atoms in total. The van der Waals surface area contributed by atoms with E-state index in [1.807, 2.05) is 89.5 Å². The van der Waals surface area contributed by atoms with Gasteiger partial charge in [-0.3, -0.25) is 14.7 Å². The number of thioether (sulfide) groups is 1. The van der Waals surface area contributed by atoms with Crippen LogP contribution in [0.3, 0.4) is 0 Å². The second kappa shape index (κ2) is 11.2. The molecule has 0 aliphatic carbocycles. The van der Waals surface area contributed by atoms with E-state index in [2.05, 4.69) is 20.8 Å². The minimum absolute atomic E-state index is 0.00432. The molecule has 3 aromatic carbocycles. The summed E-state index contributed by atoms with van der Waals surface area (Å²) in [7, 11) is 1.60. The van der Waals surface area contributed by atoms with Crippen LogP contribution in [0.25, 0.3) is 17.1 Å². The molecular formula is C25H23N5O3S. The van der Waals surface area contributed by atoms with Crippen molar-refractivity contribution >= 4 is 23.7 Å². The number of hydrogen-bond donors (Lipinski definition) is 2. The zero-order valence-corrected chi connectivity index (χ0v) is 19.3. The van der Waals surface area contributed by atoms with Gasteiger partial charge in [-0.25, -0.2) is 4.79 Å². The van der Waals surface area contributed by atoms with Gasteiger partial charge in [0.1, 0.15) is 5.75 Å². The first-order chi connectivity index (χ1) is 16.7. The van der Waals surface area contributed by atoms with E-state index in [1.54, 1.807) is 7.11 Å². The Hall–Kier alpha value is -4.11. The highest BCUT2D eigenvalue weighted by Gasteiger charge is 2.20. The molecule has 0 bridgehead atoms. The molecule has 3 amide bonds. The number of carbonyl (C=O) groups excluding carboxylic acids is 2. The second-order valence-electron chi connectivity index (χ2n) is 7.18. The number of ether oxygens (including phenoxy) is 1. The monoisotopic (exact) mass is 473 g/mol. The molecule has 4 rings (SSSR count). The summed E-state index contributed by atoms with van der Waals surface area (Å²) in [5.41, 5.74) is 2.56. The lowest BCUT2D eigenvalue weighted by Gasteiger charge is -2.12. The Labute approximate surface area is 201 Å². The number of imide groups is 1. The molecule has 0 saturated carbocycles. The summed E-state index contributed by atoms with van der Waals surface area (Å²) in [4.78, 5) is 24.5. The van der Waals surface area contributed by atoms with E-state index in [0.717, 1.165) is 16.8 Å². The molecule has 0 unspecified atom stereocenters. The molecule has 0 spiro atoms. The molecule has 0 fully saturated rings. The van der Waals surface area contributed by atoms with Gasteiger partial charge in [0.05, 0.1) is 18.4 Å². The minimum Gasteiger partial charge on any atom is -0.496 e. The zero-order chi connectivity index (χ0) is 23.8. The highest BCUT2D eigenvalue weighted by molar-refractivity contribution is 7.99. The Bertz CT molecular complexity index is 1260. The molecule has 1 aromatic heterocycles. The van der Waals surface area contributed by atoms with Crippen molar-refractivity contribution in [3.8, 4) is 22.8 Å². The number of benzene rings is 3. The van der Waals surface area contributed by atoms with E-state index in [-0.39, 0.29) is 5.75 Å². The van der Waals surface area contributed by atoms with Crippen LogP contribution in [-0.4, -0.2) is 39.6 Å². The van der Waals surface area contributed by atoms with Crippen molar-refractivity contribution in [1.82, 2.24) is 25.4 Å². The predicted molar refractivity (Wildman–Crippen MR) is 131 cm³/mol. The first-order valence-corrected chi connectivity index (χ1v) is 11.5. The van der Waals surface area contributed by atoms with Gasteiger partial charge in [0.25, 0.3) is 0 Å². The summed E-state index contributed by atoms with van der Waals surface area (Å²) in [6.07, 6.45) is 0. The molecular weight excluding hydrogens is 450 g/mol. The van der Waals surface area contributed by atoms with E-state index in [0.29, 0.717) is 23.3 Å². The SMILES string of the molecule is COc1ccccc1-c1nnc(SCC(=O)NC(=O)NCc2ccccc2)n1-c1ccccc1. The molecule has 2 N–H and O–H groups in total. The van der Waals surface area contributed by atoms with Gasteiger partial charge in [-0.2, -0.15) is 0 Å². The van der Waals surface area contributed by atoms with E-state index < -0.39 is 11.9 Å². The Kier molecular flexibility index (Phi) is 7.56. The fourth-order valence-electron chi connectivity index (χ4n) is 3.29. The van der Waals surface area contributed by atoms with Crippen LogP contribution in [0.2, 0.25) is 0 Å². The van der Waals surface area contributed by atoms with Gasteiger partial charge in [-0.15, -0.1) is 10.2 Å². The normalized spacial score (nSPS) is 10.5. The van der Waals surface area contributed by atoms with Crippen molar-refractivity contribution in [2.75, 3.05) is 12.9 Å². The molecule has 1 heterocycles. The molecule has 0 saturated heterocycles. The summed E-state index contributed by atoms with van der Waals surface area (Å²) in [6.45, 7) is 0.331. The maximum absolute atomic E-state index is 12.4. The van der Waals surface area contributed by atoms with Gasteiger partial charge in [0.15, 0.2) is 11.0 Å². The lowest BCUT2D eigenvalue weighted by Crippen LogP contribution is -2.40. The molecule has 0 atom stereocenters. The van der Waals surface area contributed by atoms with Crippen LogP contribution in [0, 0.1) is 0 Å². The smallest absolute Gasteiger partial charge is 0.321 e. The van der Waals surface area contributed by atoms with Crippen LogP contribution >= 0.6 is 11.8 Å². The highest BCUT2D eigenvalue weighted by atomic mass is 32.2. The molecule has 34 heavy (non-hydrogen) atoms. The standard InChI is InChI=1S/C25H23N5O3S/c1-33-21-15-9-8-14-20(21)23-28-29-25(30(23)19-12-6-3-7-13-19)34-17-22(31)27-24(32)26-16-18-10-4-2-5-11-18/h2-15H,16-17H2,1H3,(H2,26,27,31,32). The Morgan fingerprint density at radius 1 is 0.912 bits per heavy atom. The van der Waals surface area contributed by atoms with Crippen LogP contribution in [-0.2, 0) is 11.3 Å². The van der Waals surface area contributed by atoms with Gasteiger partial charge in [-0.1, -0.05) is 72.4 Å². The summed E-state index contributed by atoms with van der Waals surface area (Å²) in [5.74, 6) is 0.816. The van der Waals surface area contributed by atoms with Crippen LogP contribution in [0.15, 0.2) is 90.1 Å². The van der Waals surface area contributed by atoms with Gasteiger partial charge in [0, 0.05) is 12.2 Å². The highest BCUT2D eigenvalue weighted by Crippen LogP contribution is 2.33. The molecule has 4 aromatic rings. The van der Waals surface area contributed by atoms with Crippen LogP contribution in [0.4, 0.5) is 4.79 Å². The molecule has 9 heteroatoms. The van der Waals surface area contributed by atoms with E-state index in [4.69, 9.17) is 4.74 Å². The molecule has 172 valence electrons. The lowest BCUT2D eigenvalue weighted by atomic mass is 10.2. The van der Waals surface area contributed by atoms with Crippen molar-refractivity contribution in [3.05, 3.63) is 90.5 Å². The number of nitrogens with one attached hydrogen (secondary N) is 2. The van der Waals surface area contributed by atoms with E-state index in [1.165, 1.54) is 11.8 Å². The van der Waals surface area contributed by atoms with Gasteiger partial charge < -0.3 is 10.1 Å². The quantitative estimate of drug-likeness (QED) is 0.375. The van der Waals surface area contributed by atoms with Crippen molar-refractivity contribution < 1.29 is 14.3 Å². The largest absolute Gasteiger partial charge is 0.496 e. The predicted octanol–water partition coefficient (Wildman–Crippen LogP) is 4.06. The maximum atomic E-state index is 12.4. The first-order valence-electron chi connectivity index (χ1n) is 10.5. The van der Waals surface area contributed by atoms with E-state index in [9.17, 15) is 9.59 Å². The van der Waals surface area contributed by atoms with Crippen LogP contribution in [0.1, 0.15) is 5.56 Å². The molecule has 0 aliphatic heterocycles. The topological polar surface area (TPSA) is 98.1 Å². The van der Waals surface area contributed by atoms with E-state index >= 15 is 0 Å². The number of amides is 3. The molecule has 0 radical (unpaired) electrons. The molecule has 0 aliphatic rings. The maximum Gasteiger partial charge on any atom is 0.321 e. The average Bonchev–Trinajstić information content (AvgIpc) is 3.31. The second-order valence-corrected chi connectivity index (χ2v) is 8.13. The third kappa shape index (κ3) is 5.62. The van der Waals surface area contributed by atoms with Crippen molar-refractivity contribution in [2.24, 2.45) is 0 Å². The van der Waals surface area contributed by atoms with Gasteiger partial charge >= 0.3 is 6.03 Å². The number of carbonyl (C=O) groups is 2. The third-order valence-electron chi connectivity index (χ3n) is 4.88. The van der Waals surface area contributed by atoms with Gasteiger partial charge in [-0.05, 0) is 29.8 Å². The summed E-state index contributed by atoms with van der Waals surface area (Å²) < 4.78 is 7.37. The third-order valence-corrected chi connectivity index (χ3v) is 5.81. The van der Waals surface area contributed by atoms with Crippen molar-refractivity contribution in [3.63, 3.8) is 0 Å². The fourth-order valence-corrected chi connectivity index (χ4v) is 4.04. The van der Waals surface area contributed by atoms with Crippen molar-refractivity contribution in [2.45, 2.75) is 11.7 Å². The number of methoxy groups -OCH3 is 1. The van der Waals surface area contributed by atoms with Crippen LogP contribution < -0.4 is 15.4 Å². The number of rotatable bonds is 8. The Morgan fingerprint density at radius 2 is 1.59 bits per heavy atom. The summed E-state index contributed by atoms with van der Waals surface area (Å²) in [5, 5.41) is 14.2. The Morgan fingerprint density at radius 3 is 2.32 bits per heavy atom. The van der Waals surface area contributed by atoms with Gasteiger partial charge in [0.2, 0.25) is 5.91 Å². The number of nitrogens with zero attached hydrogens (tertiary/aromatic N) is 3. The fraction of sp³-hybridized carbons (Fsp3) is 0.120. The Balaban J connectivity index is 1.47. The lowest BCUT2D eigenvalue weighted by molar-refractivity contribution is -0.117. The van der Waals surface area contributed by atoms with Crippen LogP contribution in [0.5, 0.6) is 5.75 Å². The number of urea groups is 1. The van der Waals surface area contributed by atoms with Crippen molar-refractivity contribution in [1.29, 1.82) is 0 Å².